The summed E-state index contributed by atoms with van der Waals surface area (Å²) in [7, 11) is 0. The normalized spacial score (nSPS) is 11.0. The fourth-order valence-electron chi connectivity index (χ4n) is 4.43. The van der Waals surface area contributed by atoms with Crippen LogP contribution in [0.3, 0.4) is 0 Å². The Bertz CT molecular complexity index is 1660. The van der Waals surface area contributed by atoms with Crippen LogP contribution >= 0.6 is 0 Å². The summed E-state index contributed by atoms with van der Waals surface area (Å²) in [4.78, 5) is 7.93. The van der Waals surface area contributed by atoms with Gasteiger partial charge in [0.25, 0.3) is 0 Å². The zero-order valence-electron chi connectivity index (χ0n) is 17.7. The maximum Gasteiger partial charge on any atom is 0.195 e. The highest BCUT2D eigenvalue weighted by molar-refractivity contribution is 6.13. The number of hydrogen-bond donors (Lipinski definition) is 0. The Morgan fingerprint density at radius 3 is 1.97 bits per heavy atom. The van der Waals surface area contributed by atoms with Crippen molar-refractivity contribution in [3.63, 3.8) is 0 Å². The van der Waals surface area contributed by atoms with Gasteiger partial charge in [0, 0.05) is 34.3 Å². The molecule has 0 radical (unpaired) electrons. The van der Waals surface area contributed by atoms with E-state index in [1.54, 1.807) is 6.20 Å². The van der Waals surface area contributed by atoms with Crippen LogP contribution < -0.4 is 0 Å². The average Bonchev–Trinajstić information content (AvgIpc) is 3.28. The van der Waals surface area contributed by atoms with Gasteiger partial charge in [-0.15, -0.1) is 0 Å². The monoisotopic (exact) mass is 422 g/mol. The van der Waals surface area contributed by atoms with E-state index in [1.165, 1.54) is 0 Å². The maximum atomic E-state index is 7.57. The molecule has 6 rings (SSSR count). The molecule has 0 spiro atoms. The number of fused-ring (bicyclic) bond motifs is 3. The lowest BCUT2D eigenvalue weighted by Crippen LogP contribution is -1.82. The summed E-state index contributed by atoms with van der Waals surface area (Å²) in [5.74, 6) is 0. The fraction of sp³-hybridized carbons (Fsp3) is 0. The first-order valence-corrected chi connectivity index (χ1v) is 10.8. The first-order valence-electron chi connectivity index (χ1n) is 10.8. The van der Waals surface area contributed by atoms with Crippen LogP contribution in [0.4, 0.5) is 5.69 Å². The molecule has 0 amide bonds. The molecule has 3 nitrogen and oxygen atoms in total. The van der Waals surface area contributed by atoms with E-state index in [9.17, 15) is 0 Å². The van der Waals surface area contributed by atoms with E-state index in [0.29, 0.717) is 5.69 Å². The number of benzene rings is 4. The molecule has 0 aliphatic heterocycles. The average molecular weight is 422 g/mol. The number of aromatic nitrogens is 1. The number of hydrogen-bond acceptors (Lipinski definition) is 2. The highest BCUT2D eigenvalue weighted by Crippen LogP contribution is 2.42. The highest BCUT2D eigenvalue weighted by Gasteiger charge is 2.16. The molecule has 0 saturated heterocycles. The summed E-state index contributed by atoms with van der Waals surface area (Å²) in [6, 6.07) is 32.6. The Kier molecular flexibility index (Phi) is 4.49. The van der Waals surface area contributed by atoms with E-state index >= 15 is 0 Å². The van der Waals surface area contributed by atoms with Crippen molar-refractivity contribution in [2.45, 2.75) is 0 Å². The van der Waals surface area contributed by atoms with Gasteiger partial charge in [-0.05, 0) is 28.3 Å². The van der Waals surface area contributed by atoms with Crippen molar-refractivity contribution in [1.82, 2.24) is 4.98 Å². The highest BCUT2D eigenvalue weighted by atomic mass is 16.3. The predicted molar refractivity (Wildman–Crippen MR) is 134 cm³/mol. The molecule has 2 aromatic heterocycles. The largest absolute Gasteiger partial charge is 0.455 e. The Hall–Kier alpha value is -4.68. The molecule has 4 aromatic carbocycles. The van der Waals surface area contributed by atoms with Crippen molar-refractivity contribution >= 4 is 27.6 Å². The summed E-state index contributed by atoms with van der Waals surface area (Å²) in [5.41, 5.74) is 8.47. The number of para-hydroxylation sites is 3. The molecule has 2 heterocycles. The zero-order chi connectivity index (χ0) is 22.2. The topological polar surface area (TPSA) is 30.4 Å². The molecular formula is C30H18N2O. The first-order chi connectivity index (χ1) is 16.3. The molecule has 0 atom stereocenters. The van der Waals surface area contributed by atoms with Crippen LogP contribution in [0.5, 0.6) is 0 Å². The molecule has 0 aliphatic carbocycles. The van der Waals surface area contributed by atoms with E-state index in [4.69, 9.17) is 11.0 Å². The lowest BCUT2D eigenvalue weighted by Gasteiger charge is -2.05. The summed E-state index contributed by atoms with van der Waals surface area (Å²) in [6.45, 7) is 7.57. The van der Waals surface area contributed by atoms with Crippen LogP contribution in [-0.2, 0) is 0 Å². The molecule has 0 aliphatic rings. The molecule has 0 unspecified atom stereocenters. The molecule has 0 saturated carbocycles. The van der Waals surface area contributed by atoms with E-state index in [-0.39, 0.29) is 0 Å². The van der Waals surface area contributed by atoms with Gasteiger partial charge in [0.05, 0.1) is 6.57 Å². The first kappa shape index (κ1) is 19.0. The van der Waals surface area contributed by atoms with Gasteiger partial charge in [-0.25, -0.2) is 4.85 Å². The third-order valence-electron chi connectivity index (χ3n) is 6.03. The van der Waals surface area contributed by atoms with Gasteiger partial charge < -0.3 is 4.42 Å². The van der Waals surface area contributed by atoms with Crippen molar-refractivity contribution in [3.8, 4) is 33.4 Å². The molecule has 3 heteroatoms. The van der Waals surface area contributed by atoms with Gasteiger partial charge >= 0.3 is 0 Å². The number of furan rings is 1. The van der Waals surface area contributed by atoms with E-state index in [1.807, 2.05) is 48.7 Å². The van der Waals surface area contributed by atoms with Gasteiger partial charge in [0.2, 0.25) is 0 Å². The smallest absolute Gasteiger partial charge is 0.195 e. The molecule has 154 valence electrons. The van der Waals surface area contributed by atoms with Crippen molar-refractivity contribution in [2.75, 3.05) is 0 Å². The quantitative estimate of drug-likeness (QED) is 0.268. The SMILES string of the molecule is [C-]#[N+]c1ccccc1-c1cccc2c1oc1c(-c3ccc(-c4cccnc4)cc3)cccc12. The van der Waals surface area contributed by atoms with Crippen molar-refractivity contribution in [1.29, 1.82) is 0 Å². The van der Waals surface area contributed by atoms with Crippen LogP contribution in [0.1, 0.15) is 0 Å². The van der Waals surface area contributed by atoms with Crippen LogP contribution in [0.25, 0.3) is 60.2 Å². The summed E-state index contributed by atoms with van der Waals surface area (Å²) < 4.78 is 6.53. The van der Waals surface area contributed by atoms with Crippen LogP contribution in [0, 0.1) is 6.57 Å². The number of pyridine rings is 1. The fourth-order valence-corrected chi connectivity index (χ4v) is 4.43. The number of rotatable bonds is 3. The zero-order valence-corrected chi connectivity index (χ0v) is 17.7. The third-order valence-corrected chi connectivity index (χ3v) is 6.03. The second kappa shape index (κ2) is 7.78. The predicted octanol–water partition coefficient (Wildman–Crippen LogP) is 8.53. The van der Waals surface area contributed by atoms with E-state index < -0.39 is 0 Å². The Labute approximate surface area is 191 Å². The molecule has 0 bridgehead atoms. The van der Waals surface area contributed by atoms with Crippen LogP contribution in [0.2, 0.25) is 0 Å². The second-order valence-electron chi connectivity index (χ2n) is 7.91. The maximum absolute atomic E-state index is 7.57. The van der Waals surface area contributed by atoms with Gasteiger partial charge in [-0.3, -0.25) is 4.98 Å². The van der Waals surface area contributed by atoms with E-state index in [0.717, 1.165) is 55.3 Å². The lowest BCUT2D eigenvalue weighted by atomic mass is 9.98. The van der Waals surface area contributed by atoms with Crippen molar-refractivity contribution < 1.29 is 4.42 Å². The minimum absolute atomic E-state index is 0.622. The Morgan fingerprint density at radius 2 is 1.24 bits per heavy atom. The Morgan fingerprint density at radius 1 is 0.576 bits per heavy atom. The molecule has 6 aromatic rings. The van der Waals surface area contributed by atoms with Gasteiger partial charge in [0.1, 0.15) is 11.2 Å². The van der Waals surface area contributed by atoms with Gasteiger partial charge in [-0.2, -0.15) is 0 Å². The number of nitrogens with zero attached hydrogens (tertiary/aromatic N) is 2. The van der Waals surface area contributed by atoms with Gasteiger partial charge in [-0.1, -0.05) is 91.0 Å². The van der Waals surface area contributed by atoms with Gasteiger partial charge in [0.15, 0.2) is 5.69 Å². The minimum atomic E-state index is 0.622. The van der Waals surface area contributed by atoms with E-state index in [2.05, 4.69) is 64.4 Å². The summed E-state index contributed by atoms with van der Waals surface area (Å²) in [5, 5.41) is 2.12. The van der Waals surface area contributed by atoms with Crippen LogP contribution in [0.15, 0.2) is 114 Å². The second-order valence-corrected chi connectivity index (χ2v) is 7.91. The third kappa shape index (κ3) is 3.17. The molecule has 0 fully saturated rings. The van der Waals surface area contributed by atoms with Crippen molar-refractivity contribution in [2.24, 2.45) is 0 Å². The molecular weight excluding hydrogens is 404 g/mol. The van der Waals surface area contributed by atoms with Crippen molar-refractivity contribution in [3.05, 3.63) is 121 Å². The lowest BCUT2D eigenvalue weighted by molar-refractivity contribution is 0.671. The standard InChI is InChI=1S/C30H18N2O/c1-31-28-13-3-2-8-24(28)25-10-5-12-27-26-11-4-9-23(29(26)33-30(25)27)21-16-14-20(15-17-21)22-7-6-18-32-19-22/h2-19H. The minimum Gasteiger partial charge on any atom is -0.455 e. The summed E-state index contributed by atoms with van der Waals surface area (Å²) in [6.07, 6.45) is 3.66. The van der Waals surface area contributed by atoms with Crippen LogP contribution in [-0.4, -0.2) is 4.98 Å². The Balaban J connectivity index is 1.53. The summed E-state index contributed by atoms with van der Waals surface area (Å²) >= 11 is 0. The molecule has 33 heavy (non-hydrogen) atoms. The molecule has 0 N–H and O–H groups in total.